The summed E-state index contributed by atoms with van der Waals surface area (Å²) in [5, 5.41) is 3.03. The van der Waals surface area contributed by atoms with Gasteiger partial charge in [-0.2, -0.15) is 0 Å². The van der Waals surface area contributed by atoms with Crippen LogP contribution in [0.15, 0.2) is 59.5 Å². The van der Waals surface area contributed by atoms with E-state index < -0.39 is 24.5 Å². The average Bonchev–Trinajstić information content (AvgIpc) is 3.27. The van der Waals surface area contributed by atoms with Crippen molar-refractivity contribution in [2.75, 3.05) is 35.8 Å². The van der Waals surface area contributed by atoms with Gasteiger partial charge >= 0.3 is 11.9 Å². The molecule has 0 unspecified atom stereocenters. The molecule has 2 N–H and O–H groups in total. The number of hydrogen-bond acceptors (Lipinski definition) is 9. The number of nitrogens with one attached hydrogen (secondary N) is 2. The van der Waals surface area contributed by atoms with Crippen LogP contribution in [0, 0.1) is 0 Å². The number of thiophene rings is 1. The number of carbonyl (C=O) groups excluding carboxylic acids is 3. The van der Waals surface area contributed by atoms with E-state index in [9.17, 15) is 14.4 Å². The van der Waals surface area contributed by atoms with Gasteiger partial charge in [0.1, 0.15) is 5.00 Å². The lowest BCUT2D eigenvalue weighted by molar-refractivity contribution is -0.119. The Labute approximate surface area is 210 Å². The van der Waals surface area contributed by atoms with Gasteiger partial charge in [0, 0.05) is 21.7 Å². The van der Waals surface area contributed by atoms with E-state index in [-0.39, 0.29) is 12.2 Å². The standard InChI is InChI=1S/C24H24N2O5S3/c1-4-30-24(29)19-13-20(15-8-10-18(32-2)11-9-15)34-22(19)25-21(27)14-31-23(28)16-6-5-7-17(12-16)26-33-3/h5-13,26H,4,14H2,1-3H3,(H,25,27). The van der Waals surface area contributed by atoms with Crippen molar-refractivity contribution < 1.29 is 23.9 Å². The summed E-state index contributed by atoms with van der Waals surface area (Å²) in [5.74, 6) is -1.70. The first-order chi connectivity index (χ1) is 16.4. The molecule has 0 saturated heterocycles. The van der Waals surface area contributed by atoms with Gasteiger partial charge in [0.05, 0.1) is 17.7 Å². The monoisotopic (exact) mass is 516 g/mol. The van der Waals surface area contributed by atoms with Crippen molar-refractivity contribution in [3.8, 4) is 10.4 Å². The molecule has 1 aromatic heterocycles. The van der Waals surface area contributed by atoms with E-state index in [1.165, 1.54) is 23.3 Å². The fraction of sp³-hybridized carbons (Fsp3) is 0.208. The summed E-state index contributed by atoms with van der Waals surface area (Å²) in [6.07, 6.45) is 3.87. The summed E-state index contributed by atoms with van der Waals surface area (Å²) in [4.78, 5) is 39.3. The smallest absolute Gasteiger partial charge is 0.341 e. The molecule has 34 heavy (non-hydrogen) atoms. The van der Waals surface area contributed by atoms with Crippen LogP contribution < -0.4 is 10.0 Å². The Kier molecular flexibility index (Phi) is 9.43. The summed E-state index contributed by atoms with van der Waals surface area (Å²) in [7, 11) is 0. The second kappa shape index (κ2) is 12.5. The highest BCUT2D eigenvalue weighted by Gasteiger charge is 2.20. The first-order valence-corrected chi connectivity index (χ1v) is 13.5. The predicted molar refractivity (Wildman–Crippen MR) is 140 cm³/mol. The number of esters is 2. The molecule has 0 atom stereocenters. The van der Waals surface area contributed by atoms with Gasteiger partial charge in [-0.25, -0.2) is 9.59 Å². The molecule has 0 aliphatic carbocycles. The van der Waals surface area contributed by atoms with Crippen LogP contribution in [-0.2, 0) is 14.3 Å². The number of thioether (sulfide) groups is 1. The van der Waals surface area contributed by atoms with Crippen molar-refractivity contribution in [1.82, 2.24) is 0 Å². The van der Waals surface area contributed by atoms with Gasteiger partial charge in [0.15, 0.2) is 6.61 Å². The molecule has 1 heterocycles. The van der Waals surface area contributed by atoms with Crippen LogP contribution in [0.5, 0.6) is 0 Å². The predicted octanol–water partition coefficient (Wildman–Crippen LogP) is 5.80. The number of benzene rings is 2. The lowest BCUT2D eigenvalue weighted by Gasteiger charge is -2.08. The van der Waals surface area contributed by atoms with Crippen molar-refractivity contribution in [3.63, 3.8) is 0 Å². The lowest BCUT2D eigenvalue weighted by atomic mass is 10.1. The molecule has 3 aromatic rings. The second-order valence-electron chi connectivity index (χ2n) is 6.81. The molecular weight excluding hydrogens is 492 g/mol. The van der Waals surface area contributed by atoms with E-state index in [1.54, 1.807) is 43.0 Å². The van der Waals surface area contributed by atoms with Crippen LogP contribution in [0.3, 0.4) is 0 Å². The first kappa shape index (κ1) is 25.7. The Bertz CT molecular complexity index is 1160. The van der Waals surface area contributed by atoms with Gasteiger partial charge < -0.3 is 19.5 Å². The highest BCUT2D eigenvalue weighted by molar-refractivity contribution is 7.99. The largest absolute Gasteiger partial charge is 0.462 e. The highest BCUT2D eigenvalue weighted by atomic mass is 32.2. The Hall–Kier alpha value is -2.95. The maximum Gasteiger partial charge on any atom is 0.341 e. The number of amides is 1. The zero-order valence-electron chi connectivity index (χ0n) is 18.9. The van der Waals surface area contributed by atoms with Crippen molar-refractivity contribution in [2.24, 2.45) is 0 Å². The molecule has 0 fully saturated rings. The first-order valence-electron chi connectivity index (χ1n) is 10.3. The molecule has 1 amide bonds. The third-order valence-electron chi connectivity index (χ3n) is 4.51. The topological polar surface area (TPSA) is 93.7 Å². The summed E-state index contributed by atoms with van der Waals surface area (Å²) in [5.41, 5.74) is 2.25. The molecule has 10 heteroatoms. The van der Waals surface area contributed by atoms with Crippen LogP contribution in [0.25, 0.3) is 10.4 Å². The van der Waals surface area contributed by atoms with Crippen LogP contribution in [0.1, 0.15) is 27.6 Å². The second-order valence-corrected chi connectivity index (χ2v) is 9.36. The Morgan fingerprint density at radius 3 is 2.41 bits per heavy atom. The van der Waals surface area contributed by atoms with Gasteiger partial charge in [0.25, 0.3) is 5.91 Å². The van der Waals surface area contributed by atoms with Gasteiger partial charge in [0.2, 0.25) is 0 Å². The summed E-state index contributed by atoms with van der Waals surface area (Å²) in [6, 6.07) is 16.4. The van der Waals surface area contributed by atoms with Crippen molar-refractivity contribution >= 4 is 63.6 Å². The quantitative estimate of drug-likeness (QED) is 0.198. The number of ether oxygens (including phenoxy) is 2. The molecule has 3 rings (SSSR count). The third kappa shape index (κ3) is 6.78. The van der Waals surface area contributed by atoms with Gasteiger partial charge in [-0.05, 0) is 55.1 Å². The van der Waals surface area contributed by atoms with Gasteiger partial charge in [-0.3, -0.25) is 4.79 Å². The summed E-state index contributed by atoms with van der Waals surface area (Å²) < 4.78 is 13.3. The van der Waals surface area contributed by atoms with Crippen LogP contribution >= 0.6 is 35.0 Å². The van der Waals surface area contributed by atoms with E-state index >= 15 is 0 Å². The molecule has 0 spiro atoms. The fourth-order valence-electron chi connectivity index (χ4n) is 2.95. The SMILES string of the molecule is CCOC(=O)c1cc(-c2ccc(SC)cc2)sc1NC(=O)COC(=O)c1cccc(NSC)c1. The molecule has 178 valence electrons. The number of anilines is 2. The number of hydrogen-bond donors (Lipinski definition) is 2. The van der Waals surface area contributed by atoms with Crippen LogP contribution in [0.4, 0.5) is 10.7 Å². The normalized spacial score (nSPS) is 10.4. The van der Waals surface area contributed by atoms with Crippen molar-refractivity contribution in [1.29, 1.82) is 0 Å². The van der Waals surface area contributed by atoms with Crippen LogP contribution in [-0.4, -0.2) is 43.6 Å². The molecule has 0 bridgehead atoms. The van der Waals surface area contributed by atoms with E-state index in [1.807, 2.05) is 42.8 Å². The molecule has 0 saturated carbocycles. The van der Waals surface area contributed by atoms with Gasteiger partial charge in [-0.1, -0.05) is 30.1 Å². The summed E-state index contributed by atoms with van der Waals surface area (Å²) >= 11 is 4.29. The molecular formula is C24H24N2O5S3. The van der Waals surface area contributed by atoms with Gasteiger partial charge in [-0.15, -0.1) is 23.1 Å². The summed E-state index contributed by atoms with van der Waals surface area (Å²) in [6.45, 7) is 1.44. The Morgan fingerprint density at radius 2 is 1.74 bits per heavy atom. The van der Waals surface area contributed by atoms with E-state index in [2.05, 4.69) is 10.0 Å². The maximum atomic E-state index is 12.5. The minimum atomic E-state index is -0.619. The average molecular weight is 517 g/mol. The van der Waals surface area contributed by atoms with E-state index in [0.29, 0.717) is 10.6 Å². The lowest BCUT2D eigenvalue weighted by Crippen LogP contribution is -2.21. The Morgan fingerprint density at radius 1 is 0.971 bits per heavy atom. The highest BCUT2D eigenvalue weighted by Crippen LogP contribution is 2.36. The molecule has 2 aromatic carbocycles. The van der Waals surface area contributed by atoms with Crippen molar-refractivity contribution in [2.45, 2.75) is 11.8 Å². The molecule has 0 radical (unpaired) electrons. The third-order valence-corrected chi connectivity index (χ3v) is 6.79. The zero-order valence-corrected chi connectivity index (χ0v) is 21.3. The fourth-order valence-corrected chi connectivity index (χ4v) is 4.79. The van der Waals surface area contributed by atoms with E-state index in [4.69, 9.17) is 9.47 Å². The van der Waals surface area contributed by atoms with Crippen LogP contribution in [0.2, 0.25) is 0 Å². The van der Waals surface area contributed by atoms with E-state index in [0.717, 1.165) is 21.0 Å². The maximum absolute atomic E-state index is 12.5. The Balaban J connectivity index is 1.71. The zero-order chi connectivity index (χ0) is 24.5. The molecule has 0 aliphatic heterocycles. The minimum Gasteiger partial charge on any atom is -0.462 e. The minimum absolute atomic E-state index is 0.210. The molecule has 7 nitrogen and oxygen atoms in total. The number of carbonyl (C=O) groups is 3. The number of rotatable bonds is 10. The molecule has 0 aliphatic rings. The van der Waals surface area contributed by atoms with Crippen molar-refractivity contribution in [3.05, 3.63) is 65.7 Å².